The molecule has 0 aliphatic rings. The van der Waals surface area contributed by atoms with E-state index in [-0.39, 0.29) is 11.6 Å². The maximum Gasteiger partial charge on any atom is 0.323 e. The minimum absolute atomic E-state index is 0.0210. The van der Waals surface area contributed by atoms with E-state index in [0.29, 0.717) is 11.1 Å². The van der Waals surface area contributed by atoms with Crippen molar-refractivity contribution in [2.24, 2.45) is 0 Å². The zero-order chi connectivity index (χ0) is 13.8. The molecule has 2 rings (SSSR count). The quantitative estimate of drug-likeness (QED) is 0.865. The van der Waals surface area contributed by atoms with Crippen molar-refractivity contribution in [1.29, 1.82) is 0 Å². The summed E-state index contributed by atoms with van der Waals surface area (Å²) in [6.45, 7) is 5.63. The Balaban J connectivity index is 2.30. The lowest BCUT2D eigenvalue weighted by Gasteiger charge is -2.21. The number of amides is 1. The molecule has 2 aromatic rings. The topological polar surface area (TPSA) is 69.0 Å². The molecule has 0 saturated heterocycles. The highest BCUT2D eigenvalue weighted by atomic mass is 16.2. The molecular weight excluding hydrogens is 242 g/mol. The molecule has 0 fully saturated rings. The molecule has 0 aliphatic heterocycles. The third kappa shape index (κ3) is 2.86. The van der Waals surface area contributed by atoms with E-state index in [2.05, 4.69) is 23.8 Å². The summed E-state index contributed by atoms with van der Waals surface area (Å²) >= 11 is 0. The number of nitrogens with one attached hydrogen (secondary N) is 2. The highest BCUT2D eigenvalue weighted by molar-refractivity contribution is 5.97. The van der Waals surface area contributed by atoms with E-state index in [1.165, 1.54) is 0 Å². The Morgan fingerprint density at radius 3 is 2.37 bits per heavy atom. The number of H-pyrrole nitrogens is 2. The number of carbonyl (C=O) groups excluding carboxylic acids is 1. The second-order valence-electron chi connectivity index (χ2n) is 4.63. The number of rotatable bonds is 5. The average Bonchev–Trinajstić information content (AvgIpc) is 2.76. The summed E-state index contributed by atoms with van der Waals surface area (Å²) in [5, 5.41) is 0. The molecule has 0 spiro atoms. The van der Waals surface area contributed by atoms with Gasteiger partial charge in [-0.15, -0.1) is 0 Å². The van der Waals surface area contributed by atoms with Gasteiger partial charge in [-0.2, -0.15) is 0 Å². The number of imidazole rings is 1. The molecule has 0 bridgehead atoms. The van der Waals surface area contributed by atoms with Gasteiger partial charge in [-0.3, -0.25) is 4.79 Å². The molecule has 0 radical (unpaired) electrons. The van der Waals surface area contributed by atoms with E-state index in [9.17, 15) is 9.59 Å². The lowest BCUT2D eigenvalue weighted by molar-refractivity contribution is 0.0755. The Bertz CT molecular complexity index is 621. The Hall–Kier alpha value is -2.04. The fraction of sp³-hybridized carbons (Fsp3) is 0.429. The summed E-state index contributed by atoms with van der Waals surface area (Å²) in [6.07, 6.45) is 1.88. The van der Waals surface area contributed by atoms with Crippen molar-refractivity contribution in [3.63, 3.8) is 0 Å². The van der Waals surface area contributed by atoms with Gasteiger partial charge in [0.15, 0.2) is 0 Å². The van der Waals surface area contributed by atoms with E-state index < -0.39 is 0 Å². The molecule has 19 heavy (non-hydrogen) atoms. The predicted molar refractivity (Wildman–Crippen MR) is 75.4 cm³/mol. The first kappa shape index (κ1) is 13.4. The van der Waals surface area contributed by atoms with Crippen molar-refractivity contribution in [2.75, 3.05) is 13.1 Å². The van der Waals surface area contributed by atoms with Crippen LogP contribution in [-0.2, 0) is 0 Å². The molecular formula is C14H19N3O2. The highest BCUT2D eigenvalue weighted by Crippen LogP contribution is 2.13. The van der Waals surface area contributed by atoms with Crippen LogP contribution in [0.15, 0.2) is 23.0 Å². The van der Waals surface area contributed by atoms with Crippen LogP contribution in [0, 0.1) is 0 Å². The Kier molecular flexibility index (Phi) is 4.04. The van der Waals surface area contributed by atoms with Crippen molar-refractivity contribution in [3.8, 4) is 0 Å². The van der Waals surface area contributed by atoms with E-state index in [1.807, 2.05) is 4.90 Å². The van der Waals surface area contributed by atoms with Crippen LogP contribution in [0.1, 0.15) is 37.0 Å². The maximum absolute atomic E-state index is 12.4. The Labute approximate surface area is 111 Å². The van der Waals surface area contributed by atoms with Crippen LogP contribution >= 0.6 is 0 Å². The summed E-state index contributed by atoms with van der Waals surface area (Å²) in [5.74, 6) is 0.0210. The second kappa shape index (κ2) is 5.73. The minimum atomic E-state index is -0.251. The molecule has 1 amide bonds. The molecule has 0 saturated carbocycles. The van der Waals surface area contributed by atoms with E-state index in [1.54, 1.807) is 18.2 Å². The van der Waals surface area contributed by atoms with E-state index in [0.717, 1.165) is 31.4 Å². The van der Waals surface area contributed by atoms with E-state index >= 15 is 0 Å². The van der Waals surface area contributed by atoms with Crippen LogP contribution in [0.2, 0.25) is 0 Å². The standard InChI is InChI=1S/C14H19N3O2/c1-3-7-17(8-4-2)13(18)10-5-6-11-12(9-10)16-14(19)15-11/h5-6,9H,3-4,7-8H2,1-2H3,(H2,15,16,19). The highest BCUT2D eigenvalue weighted by Gasteiger charge is 2.14. The van der Waals surface area contributed by atoms with Crippen LogP contribution in [0.5, 0.6) is 0 Å². The molecule has 0 unspecified atom stereocenters. The number of benzene rings is 1. The van der Waals surface area contributed by atoms with Crippen molar-refractivity contribution < 1.29 is 4.79 Å². The maximum atomic E-state index is 12.4. The van der Waals surface area contributed by atoms with Gasteiger partial charge in [0.2, 0.25) is 0 Å². The number of nitrogens with zero attached hydrogens (tertiary/aromatic N) is 1. The summed E-state index contributed by atoms with van der Waals surface area (Å²) in [6, 6.07) is 5.25. The van der Waals surface area contributed by atoms with Gasteiger partial charge in [0.05, 0.1) is 11.0 Å². The smallest absolute Gasteiger partial charge is 0.323 e. The molecule has 1 aromatic carbocycles. The number of carbonyl (C=O) groups is 1. The summed E-state index contributed by atoms with van der Waals surface area (Å²) in [5.41, 5.74) is 1.76. The van der Waals surface area contributed by atoms with Crippen LogP contribution in [0.3, 0.4) is 0 Å². The Morgan fingerprint density at radius 1 is 1.11 bits per heavy atom. The molecule has 0 aliphatic carbocycles. The van der Waals surface area contributed by atoms with E-state index in [4.69, 9.17) is 0 Å². The van der Waals surface area contributed by atoms with Gasteiger partial charge in [-0.25, -0.2) is 4.79 Å². The minimum Gasteiger partial charge on any atom is -0.339 e. The number of aromatic amines is 2. The predicted octanol–water partition coefficient (Wildman–Crippen LogP) is 2.12. The van der Waals surface area contributed by atoms with Gasteiger partial charge in [0.25, 0.3) is 5.91 Å². The monoisotopic (exact) mass is 261 g/mol. The largest absolute Gasteiger partial charge is 0.339 e. The van der Waals surface area contributed by atoms with Crippen molar-refractivity contribution >= 4 is 16.9 Å². The number of aromatic nitrogens is 2. The van der Waals surface area contributed by atoms with Crippen molar-refractivity contribution in [1.82, 2.24) is 14.9 Å². The first-order valence-electron chi connectivity index (χ1n) is 6.67. The van der Waals surface area contributed by atoms with Gasteiger partial charge in [0.1, 0.15) is 0 Å². The molecule has 1 aromatic heterocycles. The lowest BCUT2D eigenvalue weighted by Crippen LogP contribution is -2.32. The van der Waals surface area contributed by atoms with Gasteiger partial charge in [0, 0.05) is 18.7 Å². The number of fused-ring (bicyclic) bond motifs is 1. The number of hydrogen-bond donors (Lipinski definition) is 2. The van der Waals surface area contributed by atoms with Crippen molar-refractivity contribution in [2.45, 2.75) is 26.7 Å². The number of hydrogen-bond acceptors (Lipinski definition) is 2. The first-order chi connectivity index (χ1) is 9.15. The average molecular weight is 261 g/mol. The Morgan fingerprint density at radius 2 is 1.74 bits per heavy atom. The summed E-state index contributed by atoms with van der Waals surface area (Å²) in [4.78, 5) is 30.8. The SMILES string of the molecule is CCCN(CCC)C(=O)c1ccc2[nH]c(=O)[nH]c2c1. The van der Waals surface area contributed by atoms with Crippen LogP contribution in [0.25, 0.3) is 11.0 Å². The van der Waals surface area contributed by atoms with Gasteiger partial charge < -0.3 is 14.9 Å². The van der Waals surface area contributed by atoms with Gasteiger partial charge in [-0.05, 0) is 31.0 Å². The summed E-state index contributed by atoms with van der Waals surface area (Å²) < 4.78 is 0. The molecule has 102 valence electrons. The van der Waals surface area contributed by atoms with Crippen LogP contribution in [0.4, 0.5) is 0 Å². The summed E-state index contributed by atoms with van der Waals surface area (Å²) in [7, 11) is 0. The molecule has 0 atom stereocenters. The van der Waals surface area contributed by atoms with Crippen LogP contribution in [-0.4, -0.2) is 33.9 Å². The van der Waals surface area contributed by atoms with Crippen LogP contribution < -0.4 is 5.69 Å². The zero-order valence-electron chi connectivity index (χ0n) is 11.3. The van der Waals surface area contributed by atoms with Crippen molar-refractivity contribution in [3.05, 3.63) is 34.2 Å². The molecule has 5 heteroatoms. The third-order valence-electron chi connectivity index (χ3n) is 3.04. The van der Waals surface area contributed by atoms with Gasteiger partial charge in [-0.1, -0.05) is 13.8 Å². The van der Waals surface area contributed by atoms with Gasteiger partial charge >= 0.3 is 5.69 Å². The zero-order valence-corrected chi connectivity index (χ0v) is 11.3. The third-order valence-corrected chi connectivity index (χ3v) is 3.04. The fourth-order valence-electron chi connectivity index (χ4n) is 2.20. The molecule has 5 nitrogen and oxygen atoms in total. The lowest BCUT2D eigenvalue weighted by atomic mass is 10.1. The molecule has 1 heterocycles. The first-order valence-corrected chi connectivity index (χ1v) is 6.67. The second-order valence-corrected chi connectivity index (χ2v) is 4.63. The normalized spacial score (nSPS) is 10.8. The molecule has 2 N–H and O–H groups in total. The fourth-order valence-corrected chi connectivity index (χ4v) is 2.20.